The van der Waals surface area contributed by atoms with Gasteiger partial charge < -0.3 is 14.6 Å². The molecule has 5 heteroatoms. The zero-order valence-corrected chi connectivity index (χ0v) is 14.2. The van der Waals surface area contributed by atoms with E-state index in [1.165, 1.54) is 12.1 Å². The molecule has 0 amide bonds. The lowest BCUT2D eigenvalue weighted by molar-refractivity contribution is 0.478. The van der Waals surface area contributed by atoms with E-state index in [0.717, 1.165) is 44.3 Å². The Labute approximate surface area is 140 Å². The molecule has 2 aliphatic rings. The maximum atomic E-state index is 14.9. The van der Waals surface area contributed by atoms with Crippen LogP contribution >= 0.6 is 0 Å². The molecule has 128 valence electrons. The van der Waals surface area contributed by atoms with Gasteiger partial charge in [0.1, 0.15) is 11.6 Å². The topological polar surface area (TPSA) is 45.5 Å². The SMILES string of the molecule is CC[C@H]1CCN(c2c(F)cc3c(O)cc(=O)n(C4CC4)c3c2C)C1. The summed E-state index contributed by atoms with van der Waals surface area (Å²) in [6, 6.07) is 2.78. The van der Waals surface area contributed by atoms with E-state index in [9.17, 15) is 14.3 Å². The Balaban J connectivity index is 1.96. The minimum Gasteiger partial charge on any atom is -0.507 e. The van der Waals surface area contributed by atoms with Gasteiger partial charge >= 0.3 is 0 Å². The molecular weight excluding hydrogens is 307 g/mol. The summed E-state index contributed by atoms with van der Waals surface area (Å²) in [6.07, 6.45) is 4.10. The fraction of sp³-hybridized carbons (Fsp3) is 0.526. The summed E-state index contributed by atoms with van der Waals surface area (Å²) < 4.78 is 16.6. The highest BCUT2D eigenvalue weighted by Gasteiger charge is 2.31. The van der Waals surface area contributed by atoms with Crippen LogP contribution < -0.4 is 10.5 Å². The summed E-state index contributed by atoms with van der Waals surface area (Å²) in [6.45, 7) is 5.73. The third kappa shape index (κ3) is 2.29. The van der Waals surface area contributed by atoms with Gasteiger partial charge in [-0.3, -0.25) is 4.79 Å². The van der Waals surface area contributed by atoms with Crippen LogP contribution in [-0.2, 0) is 0 Å². The summed E-state index contributed by atoms with van der Waals surface area (Å²) in [4.78, 5) is 14.5. The maximum absolute atomic E-state index is 14.9. The lowest BCUT2D eigenvalue weighted by atomic mass is 10.0. The number of fused-ring (bicyclic) bond motifs is 1. The second-order valence-corrected chi connectivity index (χ2v) is 7.21. The Morgan fingerprint density at radius 2 is 2.04 bits per heavy atom. The van der Waals surface area contributed by atoms with Crippen molar-refractivity contribution in [3.8, 4) is 5.75 Å². The molecule has 0 radical (unpaired) electrons. The Hall–Kier alpha value is -2.04. The highest BCUT2D eigenvalue weighted by atomic mass is 19.1. The van der Waals surface area contributed by atoms with Gasteiger partial charge in [0.05, 0.1) is 11.2 Å². The van der Waals surface area contributed by atoms with E-state index in [4.69, 9.17) is 0 Å². The van der Waals surface area contributed by atoms with Crippen LogP contribution in [0.25, 0.3) is 10.9 Å². The maximum Gasteiger partial charge on any atom is 0.255 e. The number of nitrogens with zero attached hydrogens (tertiary/aromatic N) is 2. The highest BCUT2D eigenvalue weighted by molar-refractivity contribution is 5.92. The lowest BCUT2D eigenvalue weighted by Gasteiger charge is -2.24. The van der Waals surface area contributed by atoms with Crippen LogP contribution in [0.2, 0.25) is 0 Å². The smallest absolute Gasteiger partial charge is 0.255 e. The Morgan fingerprint density at radius 1 is 1.29 bits per heavy atom. The van der Waals surface area contributed by atoms with Gasteiger partial charge in [-0.2, -0.15) is 0 Å². The molecule has 2 fully saturated rings. The molecule has 4 rings (SSSR count). The number of aromatic hydroxyl groups is 1. The van der Waals surface area contributed by atoms with Crippen molar-refractivity contribution >= 4 is 16.6 Å². The molecule has 1 saturated heterocycles. The second kappa shape index (κ2) is 5.50. The summed E-state index contributed by atoms with van der Waals surface area (Å²) in [5, 5.41) is 10.6. The van der Waals surface area contributed by atoms with Crippen LogP contribution in [0, 0.1) is 18.7 Å². The summed E-state index contributed by atoms with van der Waals surface area (Å²) in [5.74, 6) is 0.149. The molecule has 1 N–H and O–H groups in total. The molecule has 0 bridgehead atoms. The van der Waals surface area contributed by atoms with Crippen molar-refractivity contribution in [2.45, 2.75) is 45.6 Å². The summed E-state index contributed by atoms with van der Waals surface area (Å²) in [7, 11) is 0. The molecule has 0 spiro atoms. The summed E-state index contributed by atoms with van der Waals surface area (Å²) >= 11 is 0. The largest absolute Gasteiger partial charge is 0.507 e. The Kier molecular flexibility index (Phi) is 3.55. The normalized spacial score (nSPS) is 21.0. The molecular formula is C19H23FN2O2. The first-order chi connectivity index (χ1) is 11.5. The molecule has 0 unspecified atom stereocenters. The third-order valence-corrected chi connectivity index (χ3v) is 5.57. The van der Waals surface area contributed by atoms with E-state index in [1.54, 1.807) is 4.57 Å². The van der Waals surface area contributed by atoms with Crippen molar-refractivity contribution in [1.82, 2.24) is 4.57 Å². The first-order valence-corrected chi connectivity index (χ1v) is 8.83. The van der Waals surface area contributed by atoms with Gasteiger partial charge in [0.25, 0.3) is 5.56 Å². The number of halogens is 1. The quantitative estimate of drug-likeness (QED) is 0.933. The van der Waals surface area contributed by atoms with Crippen LogP contribution in [0.15, 0.2) is 16.9 Å². The first-order valence-electron chi connectivity index (χ1n) is 8.83. The van der Waals surface area contributed by atoms with Gasteiger partial charge in [-0.25, -0.2) is 4.39 Å². The monoisotopic (exact) mass is 330 g/mol. The molecule has 1 aliphatic carbocycles. The standard InChI is InChI=1S/C19H23FN2O2/c1-3-12-6-7-21(10-12)19-11(2)18-14(8-15(19)20)16(23)9-17(24)22(18)13-4-5-13/h8-9,12-13,23H,3-7,10H2,1-2H3/t12-/m0/s1. The van der Waals surface area contributed by atoms with Crippen LogP contribution in [-0.4, -0.2) is 22.8 Å². The molecule has 1 aliphatic heterocycles. The number of hydrogen-bond acceptors (Lipinski definition) is 3. The van der Waals surface area contributed by atoms with Crippen molar-refractivity contribution < 1.29 is 9.50 Å². The number of pyridine rings is 1. The number of aryl methyl sites for hydroxylation is 1. The van der Waals surface area contributed by atoms with Crippen molar-refractivity contribution in [2.75, 3.05) is 18.0 Å². The van der Waals surface area contributed by atoms with Crippen LogP contribution in [0.5, 0.6) is 5.75 Å². The molecule has 1 atom stereocenters. The number of aromatic nitrogens is 1. The molecule has 24 heavy (non-hydrogen) atoms. The zero-order valence-electron chi connectivity index (χ0n) is 14.2. The van der Waals surface area contributed by atoms with Gasteiger partial charge in [0, 0.05) is 30.6 Å². The minimum atomic E-state index is -0.312. The molecule has 2 heterocycles. The van der Waals surface area contributed by atoms with Gasteiger partial charge in [0.15, 0.2) is 0 Å². The van der Waals surface area contributed by atoms with Crippen LogP contribution in [0.4, 0.5) is 10.1 Å². The predicted molar refractivity (Wildman–Crippen MR) is 93.4 cm³/mol. The van der Waals surface area contributed by atoms with Gasteiger partial charge in [-0.05, 0) is 43.7 Å². The molecule has 1 aromatic heterocycles. The van der Waals surface area contributed by atoms with Crippen LogP contribution in [0.3, 0.4) is 0 Å². The highest BCUT2D eigenvalue weighted by Crippen LogP contribution is 2.41. The zero-order chi connectivity index (χ0) is 17.0. The van der Waals surface area contributed by atoms with E-state index >= 15 is 0 Å². The van der Waals surface area contributed by atoms with E-state index in [2.05, 4.69) is 11.8 Å². The number of benzene rings is 1. The van der Waals surface area contributed by atoms with Crippen molar-refractivity contribution in [3.63, 3.8) is 0 Å². The fourth-order valence-electron chi connectivity index (χ4n) is 4.09. The lowest BCUT2D eigenvalue weighted by Crippen LogP contribution is -2.24. The van der Waals surface area contributed by atoms with Crippen molar-refractivity contribution in [2.24, 2.45) is 5.92 Å². The van der Waals surface area contributed by atoms with Gasteiger partial charge in [-0.1, -0.05) is 13.3 Å². The van der Waals surface area contributed by atoms with Gasteiger partial charge in [-0.15, -0.1) is 0 Å². The Bertz CT molecular complexity index is 870. The first kappa shape index (κ1) is 15.5. The third-order valence-electron chi connectivity index (χ3n) is 5.57. The van der Waals surface area contributed by atoms with E-state index in [-0.39, 0.29) is 23.2 Å². The second-order valence-electron chi connectivity index (χ2n) is 7.21. The van der Waals surface area contributed by atoms with E-state index in [1.807, 2.05) is 6.92 Å². The fourth-order valence-corrected chi connectivity index (χ4v) is 4.09. The van der Waals surface area contributed by atoms with Crippen molar-refractivity contribution in [3.05, 3.63) is 33.9 Å². The molecule has 4 nitrogen and oxygen atoms in total. The number of rotatable bonds is 3. The molecule has 1 aromatic carbocycles. The van der Waals surface area contributed by atoms with E-state index < -0.39 is 0 Å². The average molecular weight is 330 g/mol. The average Bonchev–Trinajstić information content (AvgIpc) is 3.26. The summed E-state index contributed by atoms with van der Waals surface area (Å²) in [5.41, 5.74) is 1.86. The minimum absolute atomic E-state index is 0.131. The Morgan fingerprint density at radius 3 is 2.67 bits per heavy atom. The number of anilines is 1. The molecule has 1 saturated carbocycles. The van der Waals surface area contributed by atoms with E-state index in [0.29, 0.717) is 22.5 Å². The van der Waals surface area contributed by atoms with Gasteiger partial charge in [0.2, 0.25) is 0 Å². The van der Waals surface area contributed by atoms with Crippen LogP contribution in [0.1, 0.15) is 44.2 Å². The predicted octanol–water partition coefficient (Wildman–Crippen LogP) is 3.73. The van der Waals surface area contributed by atoms with Crippen molar-refractivity contribution in [1.29, 1.82) is 0 Å². The molecule has 2 aromatic rings. The number of hydrogen-bond donors (Lipinski definition) is 1.